The van der Waals surface area contributed by atoms with E-state index < -0.39 is 0 Å². The predicted molar refractivity (Wildman–Crippen MR) is 61.8 cm³/mol. The fourth-order valence-electron chi connectivity index (χ4n) is 2.57. The minimum atomic E-state index is -0.322. The van der Waals surface area contributed by atoms with Crippen LogP contribution in [-0.4, -0.2) is 29.7 Å². The molecular weight excluding hydrogens is 202 g/mol. The molecular formula is C13H19NO2. The lowest BCUT2D eigenvalue weighted by molar-refractivity contribution is -0.138. The molecule has 1 unspecified atom stereocenters. The lowest BCUT2D eigenvalue weighted by Gasteiger charge is -2.25. The number of carbonyl (C=O) groups excluding carboxylic acids is 2. The summed E-state index contributed by atoms with van der Waals surface area (Å²) in [5.41, 5.74) is 1.77. The van der Waals surface area contributed by atoms with Crippen molar-refractivity contribution in [3.05, 3.63) is 11.1 Å². The van der Waals surface area contributed by atoms with Gasteiger partial charge in [-0.25, -0.2) is 0 Å². The van der Waals surface area contributed by atoms with Gasteiger partial charge in [-0.1, -0.05) is 20.8 Å². The number of fused-ring (bicyclic) bond motifs is 1. The molecule has 0 saturated carbocycles. The fourth-order valence-corrected chi connectivity index (χ4v) is 2.57. The molecule has 1 aliphatic carbocycles. The Morgan fingerprint density at radius 3 is 2.50 bits per heavy atom. The summed E-state index contributed by atoms with van der Waals surface area (Å²) >= 11 is 0. The van der Waals surface area contributed by atoms with Crippen molar-refractivity contribution in [1.29, 1.82) is 0 Å². The van der Waals surface area contributed by atoms with Gasteiger partial charge in [-0.3, -0.25) is 9.59 Å². The van der Waals surface area contributed by atoms with Crippen LogP contribution in [0.25, 0.3) is 0 Å². The van der Waals surface area contributed by atoms with Gasteiger partial charge in [0.25, 0.3) is 0 Å². The first-order valence-corrected chi connectivity index (χ1v) is 5.83. The first-order valence-electron chi connectivity index (χ1n) is 5.83. The molecule has 0 radical (unpaired) electrons. The first-order chi connectivity index (χ1) is 7.30. The van der Waals surface area contributed by atoms with E-state index in [1.54, 1.807) is 0 Å². The van der Waals surface area contributed by atoms with Gasteiger partial charge in [0.2, 0.25) is 5.91 Å². The van der Waals surface area contributed by atoms with E-state index in [4.69, 9.17) is 0 Å². The highest BCUT2D eigenvalue weighted by atomic mass is 16.2. The molecule has 1 atom stereocenters. The van der Waals surface area contributed by atoms with E-state index in [2.05, 4.69) is 0 Å². The van der Waals surface area contributed by atoms with Gasteiger partial charge in [-0.2, -0.15) is 0 Å². The number of allylic oxidation sites excluding steroid dienone is 1. The molecule has 0 bridgehead atoms. The molecule has 2 aliphatic rings. The quantitative estimate of drug-likeness (QED) is 0.625. The van der Waals surface area contributed by atoms with Crippen LogP contribution in [-0.2, 0) is 9.59 Å². The summed E-state index contributed by atoms with van der Waals surface area (Å²) in [6.07, 6.45) is 0.606. The third-order valence-corrected chi connectivity index (χ3v) is 3.56. The van der Waals surface area contributed by atoms with Gasteiger partial charge in [0.15, 0.2) is 5.78 Å². The zero-order valence-electron chi connectivity index (χ0n) is 10.5. The number of Topliss-reactive ketones (excluding diaryl/α,β-unsaturated/α-hetero) is 1. The summed E-state index contributed by atoms with van der Waals surface area (Å²) in [6.45, 7) is 9.11. The van der Waals surface area contributed by atoms with E-state index in [0.29, 0.717) is 18.9 Å². The van der Waals surface area contributed by atoms with E-state index in [1.807, 2.05) is 32.6 Å². The van der Waals surface area contributed by atoms with Crippen LogP contribution >= 0.6 is 0 Å². The molecule has 0 aromatic carbocycles. The van der Waals surface area contributed by atoms with Crippen molar-refractivity contribution in [2.75, 3.05) is 13.1 Å². The number of amides is 1. The Labute approximate surface area is 96.5 Å². The van der Waals surface area contributed by atoms with Gasteiger partial charge in [0.1, 0.15) is 0 Å². The lowest BCUT2D eigenvalue weighted by atomic mass is 9.95. The highest BCUT2D eigenvalue weighted by molar-refractivity contribution is 5.99. The van der Waals surface area contributed by atoms with Crippen LogP contribution in [0.3, 0.4) is 0 Å². The van der Waals surface area contributed by atoms with Crippen molar-refractivity contribution < 1.29 is 9.59 Å². The normalized spacial score (nSPS) is 25.4. The van der Waals surface area contributed by atoms with Crippen molar-refractivity contribution in [3.63, 3.8) is 0 Å². The lowest BCUT2D eigenvalue weighted by Crippen LogP contribution is -2.38. The molecule has 88 valence electrons. The topological polar surface area (TPSA) is 37.4 Å². The molecule has 1 heterocycles. The van der Waals surface area contributed by atoms with Crippen LogP contribution in [0.2, 0.25) is 0 Å². The van der Waals surface area contributed by atoms with E-state index in [0.717, 1.165) is 12.1 Å². The highest BCUT2D eigenvalue weighted by Crippen LogP contribution is 2.36. The average Bonchev–Trinajstić information content (AvgIpc) is 2.66. The summed E-state index contributed by atoms with van der Waals surface area (Å²) in [5, 5.41) is 0. The molecule has 0 aromatic rings. The number of rotatable bonds is 0. The Morgan fingerprint density at radius 2 is 2.00 bits per heavy atom. The van der Waals surface area contributed by atoms with Crippen LogP contribution in [0.4, 0.5) is 0 Å². The maximum Gasteiger partial charge on any atom is 0.228 e. The van der Waals surface area contributed by atoms with Crippen molar-refractivity contribution in [3.8, 4) is 0 Å². The minimum Gasteiger partial charge on any atom is -0.338 e. The van der Waals surface area contributed by atoms with Crippen molar-refractivity contribution >= 4 is 11.7 Å². The Balaban J connectivity index is 2.17. The Hall–Kier alpha value is -1.12. The van der Waals surface area contributed by atoms with Gasteiger partial charge in [-0.05, 0) is 18.1 Å². The van der Waals surface area contributed by atoms with Crippen LogP contribution < -0.4 is 0 Å². The van der Waals surface area contributed by atoms with Gasteiger partial charge in [0.05, 0.1) is 0 Å². The van der Waals surface area contributed by atoms with E-state index >= 15 is 0 Å². The van der Waals surface area contributed by atoms with Crippen molar-refractivity contribution in [2.45, 2.75) is 34.1 Å². The van der Waals surface area contributed by atoms with E-state index in [1.165, 1.54) is 5.57 Å². The van der Waals surface area contributed by atoms with Crippen LogP contribution in [0.5, 0.6) is 0 Å². The average molecular weight is 221 g/mol. The number of hydrogen-bond acceptors (Lipinski definition) is 2. The predicted octanol–water partition coefficient (Wildman–Crippen LogP) is 1.78. The second kappa shape index (κ2) is 3.44. The SMILES string of the molecule is CC1=C2CN(C(=O)C(C)(C)C)CC2CC1=O. The minimum absolute atomic E-state index is 0.189. The largest absolute Gasteiger partial charge is 0.338 e. The molecule has 1 saturated heterocycles. The maximum atomic E-state index is 12.1. The van der Waals surface area contributed by atoms with Gasteiger partial charge in [0, 0.05) is 30.8 Å². The Morgan fingerprint density at radius 1 is 1.38 bits per heavy atom. The molecule has 1 aliphatic heterocycles. The first kappa shape index (κ1) is 11.4. The van der Waals surface area contributed by atoms with Crippen LogP contribution in [0.15, 0.2) is 11.1 Å². The van der Waals surface area contributed by atoms with Gasteiger partial charge in [-0.15, -0.1) is 0 Å². The molecule has 16 heavy (non-hydrogen) atoms. The number of nitrogens with zero attached hydrogens (tertiary/aromatic N) is 1. The Kier molecular flexibility index (Phi) is 2.44. The zero-order valence-corrected chi connectivity index (χ0v) is 10.5. The van der Waals surface area contributed by atoms with Crippen molar-refractivity contribution in [1.82, 2.24) is 4.90 Å². The number of ketones is 1. The van der Waals surface area contributed by atoms with Crippen molar-refractivity contribution in [2.24, 2.45) is 11.3 Å². The second-order valence-electron chi connectivity index (χ2n) is 5.91. The summed E-state index contributed by atoms with van der Waals surface area (Å²) < 4.78 is 0. The van der Waals surface area contributed by atoms with Crippen LogP contribution in [0, 0.1) is 11.3 Å². The third-order valence-electron chi connectivity index (χ3n) is 3.56. The highest BCUT2D eigenvalue weighted by Gasteiger charge is 2.40. The number of likely N-dealkylation sites (tertiary alicyclic amines) is 1. The van der Waals surface area contributed by atoms with Gasteiger partial charge >= 0.3 is 0 Å². The summed E-state index contributed by atoms with van der Waals surface area (Å²) in [7, 11) is 0. The van der Waals surface area contributed by atoms with E-state index in [9.17, 15) is 9.59 Å². The Bertz CT molecular complexity index is 387. The molecule has 1 fully saturated rings. The molecule has 2 rings (SSSR count). The monoisotopic (exact) mass is 221 g/mol. The number of carbonyl (C=O) groups is 2. The standard InChI is InChI=1S/C13H19NO2/c1-8-10-7-14(12(16)13(2,3)4)6-9(10)5-11(8)15/h9H,5-7H2,1-4H3. The summed E-state index contributed by atoms with van der Waals surface area (Å²) in [5.74, 6) is 0.760. The molecule has 0 N–H and O–H groups in total. The molecule has 0 aromatic heterocycles. The van der Waals surface area contributed by atoms with E-state index in [-0.39, 0.29) is 17.1 Å². The molecule has 3 heteroatoms. The smallest absolute Gasteiger partial charge is 0.228 e. The fraction of sp³-hybridized carbons (Fsp3) is 0.692. The third kappa shape index (κ3) is 1.68. The van der Waals surface area contributed by atoms with Gasteiger partial charge < -0.3 is 4.90 Å². The molecule has 3 nitrogen and oxygen atoms in total. The summed E-state index contributed by atoms with van der Waals surface area (Å²) in [4.78, 5) is 25.5. The second-order valence-corrected chi connectivity index (χ2v) is 5.91. The van der Waals surface area contributed by atoms with Crippen LogP contribution in [0.1, 0.15) is 34.1 Å². The maximum absolute atomic E-state index is 12.1. The molecule has 0 spiro atoms. The summed E-state index contributed by atoms with van der Waals surface area (Å²) in [6, 6.07) is 0. The zero-order chi connectivity index (χ0) is 12.1. The molecule has 1 amide bonds. The number of hydrogen-bond donors (Lipinski definition) is 0.